The minimum atomic E-state index is 0.507. The van der Waals surface area contributed by atoms with Crippen molar-refractivity contribution in [2.75, 3.05) is 6.61 Å². The summed E-state index contributed by atoms with van der Waals surface area (Å²) in [6.07, 6.45) is 3.59. The maximum atomic E-state index is 5.66. The summed E-state index contributed by atoms with van der Waals surface area (Å²) in [5.41, 5.74) is 1.23. The number of hydrogen-bond donors (Lipinski definition) is 0. The molecular weight excluding hydrogens is 296 g/mol. The lowest BCUT2D eigenvalue weighted by atomic mass is 10.1. The normalized spacial score (nSPS) is 13.6. The molecule has 2 heterocycles. The van der Waals surface area contributed by atoms with Gasteiger partial charge in [0.15, 0.2) is 0 Å². The highest BCUT2D eigenvalue weighted by Crippen LogP contribution is 2.31. The van der Waals surface area contributed by atoms with Crippen LogP contribution in [0, 0.1) is 0 Å². The molecule has 0 bridgehead atoms. The highest BCUT2D eigenvalue weighted by molar-refractivity contribution is 9.10. The number of fused-ring (bicyclic) bond motifs is 1. The zero-order valence-corrected chi connectivity index (χ0v) is 11.2. The van der Waals surface area contributed by atoms with Gasteiger partial charge < -0.3 is 9.47 Å². The Bertz CT molecular complexity index is 575. The third-order valence-corrected chi connectivity index (χ3v) is 3.15. The first-order valence-corrected chi connectivity index (χ1v) is 6.52. The Morgan fingerprint density at radius 2 is 2.17 bits per heavy atom. The molecule has 0 spiro atoms. The van der Waals surface area contributed by atoms with Gasteiger partial charge in [0, 0.05) is 12.1 Å². The van der Waals surface area contributed by atoms with E-state index >= 15 is 0 Å². The summed E-state index contributed by atoms with van der Waals surface area (Å²) in [7, 11) is 0. The van der Waals surface area contributed by atoms with Crippen molar-refractivity contribution in [3.8, 4) is 17.4 Å². The van der Waals surface area contributed by atoms with Gasteiger partial charge in [-0.15, -0.1) is 0 Å². The standard InChI is InChI=1S/C13H11BrN2O2/c14-12-7-13(16-8-15-12)18-10-4-3-9-2-1-5-17-11(9)6-10/h3-4,6-8H,1-2,5H2. The zero-order valence-electron chi connectivity index (χ0n) is 9.60. The van der Waals surface area contributed by atoms with Gasteiger partial charge in [-0.2, -0.15) is 0 Å². The predicted molar refractivity (Wildman–Crippen MR) is 70.1 cm³/mol. The van der Waals surface area contributed by atoms with Crippen molar-refractivity contribution >= 4 is 15.9 Å². The van der Waals surface area contributed by atoms with Crippen LogP contribution in [0.2, 0.25) is 0 Å². The second kappa shape index (κ2) is 4.94. The number of nitrogens with zero attached hydrogens (tertiary/aromatic N) is 2. The van der Waals surface area contributed by atoms with Crippen LogP contribution in [0.15, 0.2) is 35.2 Å². The smallest absolute Gasteiger partial charge is 0.223 e. The number of rotatable bonds is 2. The third-order valence-electron chi connectivity index (χ3n) is 2.72. The van der Waals surface area contributed by atoms with E-state index in [9.17, 15) is 0 Å². The minimum absolute atomic E-state index is 0.507. The average molecular weight is 307 g/mol. The summed E-state index contributed by atoms with van der Waals surface area (Å²) >= 11 is 3.28. The van der Waals surface area contributed by atoms with Crippen LogP contribution in [0.4, 0.5) is 0 Å². The van der Waals surface area contributed by atoms with Gasteiger partial charge in [0.25, 0.3) is 0 Å². The van der Waals surface area contributed by atoms with E-state index < -0.39 is 0 Å². The van der Waals surface area contributed by atoms with E-state index in [1.54, 1.807) is 6.07 Å². The van der Waals surface area contributed by atoms with Crippen molar-refractivity contribution in [2.45, 2.75) is 12.8 Å². The Balaban J connectivity index is 1.85. The molecule has 5 heteroatoms. The van der Waals surface area contributed by atoms with E-state index in [4.69, 9.17) is 9.47 Å². The van der Waals surface area contributed by atoms with Crippen LogP contribution in [-0.2, 0) is 6.42 Å². The molecule has 1 aliphatic heterocycles. The summed E-state index contributed by atoms with van der Waals surface area (Å²) in [5.74, 6) is 2.14. The summed E-state index contributed by atoms with van der Waals surface area (Å²) < 4.78 is 12.0. The van der Waals surface area contributed by atoms with Gasteiger partial charge >= 0.3 is 0 Å². The van der Waals surface area contributed by atoms with Gasteiger partial charge in [-0.3, -0.25) is 0 Å². The molecule has 4 nitrogen and oxygen atoms in total. The van der Waals surface area contributed by atoms with E-state index in [0.717, 1.165) is 30.9 Å². The van der Waals surface area contributed by atoms with Crippen LogP contribution < -0.4 is 9.47 Å². The van der Waals surface area contributed by atoms with Crippen LogP contribution >= 0.6 is 15.9 Å². The second-order valence-corrected chi connectivity index (χ2v) is 4.82. The molecule has 0 saturated heterocycles. The van der Waals surface area contributed by atoms with Crippen LogP contribution in [0.3, 0.4) is 0 Å². The van der Waals surface area contributed by atoms with E-state index in [0.29, 0.717) is 10.5 Å². The largest absolute Gasteiger partial charge is 0.493 e. The lowest BCUT2D eigenvalue weighted by Crippen LogP contribution is -2.08. The van der Waals surface area contributed by atoms with Gasteiger partial charge in [0.2, 0.25) is 5.88 Å². The van der Waals surface area contributed by atoms with Crippen molar-refractivity contribution in [1.29, 1.82) is 0 Å². The molecule has 92 valence electrons. The van der Waals surface area contributed by atoms with E-state index in [1.165, 1.54) is 11.9 Å². The van der Waals surface area contributed by atoms with E-state index in [1.807, 2.05) is 18.2 Å². The molecule has 0 radical (unpaired) electrons. The van der Waals surface area contributed by atoms with Crippen LogP contribution in [0.5, 0.6) is 17.4 Å². The summed E-state index contributed by atoms with van der Waals surface area (Å²) in [6, 6.07) is 7.61. The van der Waals surface area contributed by atoms with Gasteiger partial charge in [-0.1, -0.05) is 6.07 Å². The fraction of sp³-hybridized carbons (Fsp3) is 0.231. The van der Waals surface area contributed by atoms with E-state index in [-0.39, 0.29) is 0 Å². The quantitative estimate of drug-likeness (QED) is 0.798. The Kier molecular flexibility index (Phi) is 3.15. The first-order valence-electron chi connectivity index (χ1n) is 5.72. The number of benzene rings is 1. The van der Waals surface area contributed by atoms with Crippen molar-refractivity contribution in [3.05, 3.63) is 40.8 Å². The molecule has 0 fully saturated rings. The highest BCUT2D eigenvalue weighted by Gasteiger charge is 2.11. The second-order valence-electron chi connectivity index (χ2n) is 4.00. The molecule has 0 amide bonds. The molecule has 18 heavy (non-hydrogen) atoms. The van der Waals surface area contributed by atoms with Gasteiger partial charge in [-0.25, -0.2) is 9.97 Å². The van der Waals surface area contributed by atoms with E-state index in [2.05, 4.69) is 25.9 Å². The van der Waals surface area contributed by atoms with Crippen molar-refractivity contribution in [1.82, 2.24) is 9.97 Å². The fourth-order valence-electron chi connectivity index (χ4n) is 1.88. The monoisotopic (exact) mass is 306 g/mol. The molecule has 0 saturated carbocycles. The SMILES string of the molecule is Brc1cc(Oc2ccc3c(c2)OCCC3)ncn1. The number of ether oxygens (including phenoxy) is 2. The predicted octanol–water partition coefficient (Wildman–Crippen LogP) is 3.36. The lowest BCUT2D eigenvalue weighted by Gasteiger charge is -2.17. The van der Waals surface area contributed by atoms with Crippen molar-refractivity contribution < 1.29 is 9.47 Å². The zero-order chi connectivity index (χ0) is 12.4. The minimum Gasteiger partial charge on any atom is -0.493 e. The Morgan fingerprint density at radius 1 is 1.22 bits per heavy atom. The third kappa shape index (κ3) is 2.46. The summed E-state index contributed by atoms with van der Waals surface area (Å²) in [4.78, 5) is 8.00. The molecule has 1 aromatic carbocycles. The summed E-state index contributed by atoms with van der Waals surface area (Å²) in [5, 5.41) is 0. The van der Waals surface area contributed by atoms with Crippen LogP contribution in [0.1, 0.15) is 12.0 Å². The lowest BCUT2D eigenvalue weighted by molar-refractivity contribution is 0.286. The molecule has 0 unspecified atom stereocenters. The number of halogens is 1. The Labute approximate surface area is 113 Å². The van der Waals surface area contributed by atoms with Gasteiger partial charge in [-0.05, 0) is 40.4 Å². The molecular formula is C13H11BrN2O2. The number of aryl methyl sites for hydroxylation is 1. The maximum absolute atomic E-state index is 5.66. The van der Waals surface area contributed by atoms with Crippen LogP contribution in [-0.4, -0.2) is 16.6 Å². The van der Waals surface area contributed by atoms with Gasteiger partial charge in [0.05, 0.1) is 6.61 Å². The topological polar surface area (TPSA) is 44.2 Å². The van der Waals surface area contributed by atoms with Crippen molar-refractivity contribution in [2.24, 2.45) is 0 Å². The average Bonchev–Trinajstić information content (AvgIpc) is 2.39. The molecule has 0 aliphatic carbocycles. The Hall–Kier alpha value is -1.62. The van der Waals surface area contributed by atoms with Gasteiger partial charge in [0.1, 0.15) is 22.4 Å². The first-order chi connectivity index (χ1) is 8.81. The molecule has 3 rings (SSSR count). The molecule has 2 aromatic rings. The van der Waals surface area contributed by atoms with Crippen molar-refractivity contribution in [3.63, 3.8) is 0 Å². The maximum Gasteiger partial charge on any atom is 0.223 e. The Morgan fingerprint density at radius 3 is 3.06 bits per heavy atom. The number of hydrogen-bond acceptors (Lipinski definition) is 4. The summed E-state index contributed by atoms with van der Waals surface area (Å²) in [6.45, 7) is 0.773. The number of aromatic nitrogens is 2. The molecule has 1 aromatic heterocycles. The first kappa shape index (κ1) is 11.5. The fourth-order valence-corrected chi connectivity index (χ4v) is 2.17. The van der Waals surface area contributed by atoms with Crippen LogP contribution in [0.25, 0.3) is 0 Å². The highest BCUT2D eigenvalue weighted by atomic mass is 79.9. The molecule has 0 atom stereocenters. The molecule has 0 N–H and O–H groups in total. The molecule has 1 aliphatic rings.